The minimum Gasteiger partial charge on any atom is -0.493 e. The predicted molar refractivity (Wildman–Crippen MR) is 201 cm³/mol. The molecule has 2 aliphatic heterocycles. The van der Waals surface area contributed by atoms with Gasteiger partial charge in [-0.3, -0.25) is 9.69 Å². The van der Waals surface area contributed by atoms with Crippen molar-refractivity contribution < 1.29 is 28.8 Å². The molecule has 4 atom stereocenters. The zero-order valence-corrected chi connectivity index (χ0v) is 30.0. The zero-order valence-electron chi connectivity index (χ0n) is 30.0. The van der Waals surface area contributed by atoms with E-state index in [1.807, 2.05) is 60.7 Å². The van der Waals surface area contributed by atoms with Crippen LogP contribution in [0.25, 0.3) is 11.1 Å². The van der Waals surface area contributed by atoms with E-state index in [2.05, 4.69) is 71.7 Å². The van der Waals surface area contributed by atoms with Crippen molar-refractivity contribution in [3.63, 3.8) is 0 Å². The van der Waals surface area contributed by atoms with E-state index < -0.39 is 6.29 Å². The summed E-state index contributed by atoms with van der Waals surface area (Å²) in [4.78, 5) is 15.1. The van der Waals surface area contributed by atoms with Crippen LogP contribution in [0.1, 0.15) is 63.1 Å². The molecular weight excluding hydrogens is 652 g/mol. The molecule has 0 saturated carbocycles. The fraction of sp³-hybridized carbons (Fsp3) is 0.295. The predicted octanol–water partition coefficient (Wildman–Crippen LogP) is 7.64. The maximum atomic E-state index is 12.7. The molecule has 2 heterocycles. The van der Waals surface area contributed by atoms with Gasteiger partial charge in [-0.05, 0) is 81.8 Å². The summed E-state index contributed by atoms with van der Waals surface area (Å²) in [5, 5.41) is 12.7. The van der Waals surface area contributed by atoms with E-state index in [1.54, 1.807) is 14.2 Å². The maximum Gasteiger partial charge on any atom is 0.251 e. The van der Waals surface area contributed by atoms with Gasteiger partial charge in [0.15, 0.2) is 17.8 Å². The van der Waals surface area contributed by atoms with Crippen molar-refractivity contribution in [3.8, 4) is 22.6 Å². The molecule has 0 aromatic heterocycles. The molecule has 8 heteroatoms. The van der Waals surface area contributed by atoms with Gasteiger partial charge in [-0.15, -0.1) is 0 Å². The van der Waals surface area contributed by atoms with E-state index in [-0.39, 0.29) is 30.6 Å². The Hall–Kier alpha value is -4.99. The SMILES string of the molecule is COc1cc2c(cc1OC)CN(C[C@H]1O[C@@H](c3cccc(-c4cccc(CNC(=O)c5ccccc5)c4)c3)O[C@@H](c3ccc(CO)cc3)[C@H]1C)CC2. The van der Waals surface area contributed by atoms with Crippen molar-refractivity contribution in [2.75, 3.05) is 27.3 Å². The fourth-order valence-electron chi connectivity index (χ4n) is 7.28. The van der Waals surface area contributed by atoms with Crippen molar-refractivity contribution in [1.29, 1.82) is 0 Å². The normalized spacial score (nSPS) is 20.2. The number of carbonyl (C=O) groups is 1. The summed E-state index contributed by atoms with van der Waals surface area (Å²) in [7, 11) is 3.35. The van der Waals surface area contributed by atoms with E-state index in [0.717, 1.165) is 70.9 Å². The summed E-state index contributed by atoms with van der Waals surface area (Å²) < 4.78 is 24.9. The number of ether oxygens (including phenoxy) is 4. The molecule has 0 aliphatic carbocycles. The molecule has 5 aromatic carbocycles. The highest BCUT2D eigenvalue weighted by Crippen LogP contribution is 2.43. The van der Waals surface area contributed by atoms with Gasteiger partial charge in [0.1, 0.15) is 0 Å². The Morgan fingerprint density at radius 1 is 0.788 bits per heavy atom. The molecule has 1 saturated heterocycles. The molecule has 2 aliphatic rings. The van der Waals surface area contributed by atoms with Gasteiger partial charge in [-0.1, -0.05) is 85.8 Å². The highest BCUT2D eigenvalue weighted by Gasteiger charge is 2.39. The third kappa shape index (κ3) is 7.91. The summed E-state index contributed by atoms with van der Waals surface area (Å²) in [6.07, 6.45) is 0.0135. The number of nitrogens with one attached hydrogen (secondary N) is 1. The Morgan fingerprint density at radius 3 is 2.23 bits per heavy atom. The quantitative estimate of drug-likeness (QED) is 0.147. The van der Waals surface area contributed by atoms with Crippen LogP contribution < -0.4 is 14.8 Å². The molecule has 1 fully saturated rings. The lowest BCUT2D eigenvalue weighted by molar-refractivity contribution is -0.276. The number of amides is 1. The molecule has 268 valence electrons. The van der Waals surface area contributed by atoms with Crippen LogP contribution in [0.3, 0.4) is 0 Å². The number of hydrogen-bond acceptors (Lipinski definition) is 7. The molecule has 52 heavy (non-hydrogen) atoms. The molecule has 2 N–H and O–H groups in total. The minimum atomic E-state index is -0.585. The van der Waals surface area contributed by atoms with Crippen LogP contribution in [-0.2, 0) is 35.6 Å². The fourth-order valence-corrected chi connectivity index (χ4v) is 7.28. The molecular formula is C44H46N2O6. The van der Waals surface area contributed by atoms with Crippen LogP contribution in [0.15, 0.2) is 115 Å². The third-order valence-corrected chi connectivity index (χ3v) is 10.3. The Balaban J connectivity index is 1.12. The number of benzene rings is 5. The number of rotatable bonds is 11. The monoisotopic (exact) mass is 698 g/mol. The number of methoxy groups -OCH3 is 2. The zero-order chi connectivity index (χ0) is 36.0. The molecule has 5 aromatic rings. The van der Waals surface area contributed by atoms with Crippen LogP contribution in [0.4, 0.5) is 0 Å². The van der Waals surface area contributed by atoms with E-state index in [9.17, 15) is 9.90 Å². The number of fused-ring (bicyclic) bond motifs is 1. The van der Waals surface area contributed by atoms with Crippen LogP contribution in [-0.4, -0.2) is 49.3 Å². The van der Waals surface area contributed by atoms with E-state index in [1.165, 1.54) is 11.1 Å². The Kier molecular flexibility index (Phi) is 11.0. The summed E-state index contributed by atoms with van der Waals surface area (Å²) in [6, 6.07) is 38.1. The van der Waals surface area contributed by atoms with E-state index >= 15 is 0 Å². The molecule has 0 radical (unpaired) electrons. The van der Waals surface area contributed by atoms with Crippen LogP contribution >= 0.6 is 0 Å². The first-order chi connectivity index (χ1) is 25.4. The number of nitrogens with zero attached hydrogens (tertiary/aromatic N) is 1. The molecule has 0 unspecified atom stereocenters. The number of carbonyl (C=O) groups excluding carboxylic acids is 1. The van der Waals surface area contributed by atoms with Gasteiger partial charge in [0, 0.05) is 43.2 Å². The first kappa shape index (κ1) is 35.4. The van der Waals surface area contributed by atoms with Crippen LogP contribution in [0.2, 0.25) is 0 Å². The molecule has 8 nitrogen and oxygen atoms in total. The standard InChI is InChI=1S/C44H46N2O6/c1-29-41(27-46-20-19-36-23-39(49-2)40(50-3)24-38(36)26-46)51-44(52-42(29)32-17-15-30(28-47)16-18-32)37-14-8-13-35(22-37)34-12-7-9-31(21-34)25-45-43(48)33-10-5-4-6-11-33/h4-18,21-24,29,41-42,44,47H,19-20,25-28H2,1-3H3,(H,45,48)/t29-,41+,42+,44+/m0/s1. The molecule has 1 amide bonds. The van der Waals surface area contributed by atoms with Crippen molar-refractivity contribution >= 4 is 5.91 Å². The number of aliphatic hydroxyl groups is 1. The molecule has 7 rings (SSSR count). The highest BCUT2D eigenvalue weighted by molar-refractivity contribution is 5.94. The molecule has 0 bridgehead atoms. The van der Waals surface area contributed by atoms with E-state index in [0.29, 0.717) is 12.1 Å². The maximum absolute atomic E-state index is 12.7. The lowest BCUT2D eigenvalue weighted by Gasteiger charge is -2.43. The second-order valence-electron chi connectivity index (χ2n) is 13.7. The topological polar surface area (TPSA) is 89.5 Å². The average molecular weight is 699 g/mol. The highest BCUT2D eigenvalue weighted by atomic mass is 16.7. The average Bonchev–Trinajstić information content (AvgIpc) is 3.20. The smallest absolute Gasteiger partial charge is 0.251 e. The third-order valence-electron chi connectivity index (χ3n) is 10.3. The second kappa shape index (κ2) is 16.1. The minimum absolute atomic E-state index is 0.00377. The first-order valence-corrected chi connectivity index (χ1v) is 17.9. The Morgan fingerprint density at radius 2 is 1.50 bits per heavy atom. The van der Waals surface area contributed by atoms with Gasteiger partial charge < -0.3 is 29.4 Å². The lowest BCUT2D eigenvalue weighted by Crippen LogP contribution is -2.45. The van der Waals surface area contributed by atoms with Crippen molar-refractivity contribution in [2.24, 2.45) is 5.92 Å². The summed E-state index contributed by atoms with van der Waals surface area (Å²) in [5.74, 6) is 1.47. The lowest BCUT2D eigenvalue weighted by atomic mass is 9.89. The summed E-state index contributed by atoms with van der Waals surface area (Å²) in [6.45, 7) is 5.07. The van der Waals surface area contributed by atoms with Gasteiger partial charge in [-0.2, -0.15) is 0 Å². The Bertz CT molecular complexity index is 1980. The summed E-state index contributed by atoms with van der Waals surface area (Å²) in [5.41, 5.74) is 9.13. The number of aliphatic hydroxyl groups excluding tert-OH is 1. The summed E-state index contributed by atoms with van der Waals surface area (Å²) >= 11 is 0. The molecule has 0 spiro atoms. The van der Waals surface area contributed by atoms with Gasteiger partial charge >= 0.3 is 0 Å². The van der Waals surface area contributed by atoms with E-state index in [4.69, 9.17) is 18.9 Å². The first-order valence-electron chi connectivity index (χ1n) is 17.9. The van der Waals surface area contributed by atoms with Crippen molar-refractivity contribution in [1.82, 2.24) is 10.2 Å². The van der Waals surface area contributed by atoms with Crippen molar-refractivity contribution in [3.05, 3.63) is 154 Å². The van der Waals surface area contributed by atoms with Crippen molar-refractivity contribution in [2.45, 2.75) is 51.5 Å². The van der Waals surface area contributed by atoms with Gasteiger partial charge in [-0.25, -0.2) is 0 Å². The van der Waals surface area contributed by atoms with Crippen LogP contribution in [0.5, 0.6) is 11.5 Å². The van der Waals surface area contributed by atoms with Gasteiger partial charge in [0.05, 0.1) is 33.0 Å². The second-order valence-corrected chi connectivity index (χ2v) is 13.7. The largest absolute Gasteiger partial charge is 0.493 e. The number of hydrogen-bond donors (Lipinski definition) is 2. The van der Waals surface area contributed by atoms with Crippen LogP contribution in [0, 0.1) is 5.92 Å². The van der Waals surface area contributed by atoms with Gasteiger partial charge in [0.25, 0.3) is 5.91 Å². The Labute approximate surface area is 305 Å². The van der Waals surface area contributed by atoms with Gasteiger partial charge in [0.2, 0.25) is 0 Å².